The molecule has 0 amide bonds. The molecule has 0 fully saturated rings. The maximum absolute atomic E-state index is 12.0. The molecular weight excluding hydrogens is 199 g/mol. The van der Waals surface area contributed by atoms with Gasteiger partial charge in [0.25, 0.3) is 0 Å². The third-order valence-electron chi connectivity index (χ3n) is 1.78. The number of hydrogen-bond donors (Lipinski definition) is 0. The molecule has 0 N–H and O–H groups in total. The lowest BCUT2D eigenvalue weighted by Crippen LogP contribution is -2.01. The molecular formula is C10H23O3P. The van der Waals surface area contributed by atoms with E-state index in [0.29, 0.717) is 19.4 Å². The van der Waals surface area contributed by atoms with Gasteiger partial charge in [0.05, 0.1) is 13.2 Å². The summed E-state index contributed by atoms with van der Waals surface area (Å²) >= 11 is 0. The van der Waals surface area contributed by atoms with Crippen molar-refractivity contribution in [3.63, 3.8) is 0 Å². The minimum atomic E-state index is -2.77. The highest BCUT2D eigenvalue weighted by Gasteiger charge is 2.22. The molecule has 0 aromatic carbocycles. The second-order valence-corrected chi connectivity index (χ2v) is 5.54. The summed E-state index contributed by atoms with van der Waals surface area (Å²) in [7, 11) is -2.77. The highest BCUT2D eigenvalue weighted by molar-refractivity contribution is 7.53. The van der Waals surface area contributed by atoms with Crippen molar-refractivity contribution in [3.05, 3.63) is 0 Å². The molecule has 1 unspecified atom stereocenters. The van der Waals surface area contributed by atoms with Gasteiger partial charge in [0.1, 0.15) is 0 Å². The number of unbranched alkanes of at least 4 members (excludes halogenated alkanes) is 1. The first kappa shape index (κ1) is 14.2. The summed E-state index contributed by atoms with van der Waals surface area (Å²) in [5, 5.41) is 0. The summed E-state index contributed by atoms with van der Waals surface area (Å²) < 4.78 is 22.6. The first-order valence-electron chi connectivity index (χ1n) is 5.56. The Balaban J connectivity index is 3.89. The van der Waals surface area contributed by atoms with Crippen LogP contribution >= 0.6 is 7.60 Å². The maximum Gasteiger partial charge on any atom is 0.330 e. The van der Waals surface area contributed by atoms with Crippen molar-refractivity contribution in [2.45, 2.75) is 46.5 Å². The van der Waals surface area contributed by atoms with E-state index < -0.39 is 7.60 Å². The molecule has 0 saturated carbocycles. The molecule has 0 aliphatic heterocycles. The van der Waals surface area contributed by atoms with Crippen LogP contribution in [0.2, 0.25) is 0 Å². The molecule has 0 aliphatic carbocycles. The lowest BCUT2D eigenvalue weighted by Gasteiger charge is -2.17. The molecule has 0 saturated heterocycles. The van der Waals surface area contributed by atoms with Gasteiger partial charge in [-0.05, 0) is 19.3 Å². The van der Waals surface area contributed by atoms with Gasteiger partial charge in [-0.1, -0.05) is 27.2 Å². The van der Waals surface area contributed by atoms with E-state index in [-0.39, 0.29) is 0 Å². The van der Waals surface area contributed by atoms with Crippen LogP contribution in [0.5, 0.6) is 0 Å². The monoisotopic (exact) mass is 222 g/mol. The Kier molecular flexibility index (Phi) is 8.55. The van der Waals surface area contributed by atoms with Crippen LogP contribution < -0.4 is 0 Å². The maximum atomic E-state index is 12.0. The van der Waals surface area contributed by atoms with Gasteiger partial charge in [-0.25, -0.2) is 0 Å². The van der Waals surface area contributed by atoms with Crippen molar-refractivity contribution in [1.82, 2.24) is 0 Å². The minimum Gasteiger partial charge on any atom is -0.309 e. The van der Waals surface area contributed by atoms with E-state index in [1.165, 1.54) is 0 Å². The first-order valence-corrected chi connectivity index (χ1v) is 7.29. The normalized spacial score (nSPS) is 15.4. The Bertz CT molecular complexity index is 171. The van der Waals surface area contributed by atoms with Crippen LogP contribution in [0.3, 0.4) is 0 Å². The molecule has 0 aromatic heterocycles. The zero-order valence-electron chi connectivity index (χ0n) is 9.62. The Hall–Kier alpha value is 0.150. The SMILES string of the molecule is CCCCOP(=O)(CCC)OCCC. The lowest BCUT2D eigenvalue weighted by atomic mass is 10.4. The van der Waals surface area contributed by atoms with Crippen LogP contribution in [0, 0.1) is 0 Å². The third-order valence-corrected chi connectivity index (χ3v) is 3.92. The fraction of sp³-hybridized carbons (Fsp3) is 1.00. The summed E-state index contributed by atoms with van der Waals surface area (Å²) in [4.78, 5) is 0. The van der Waals surface area contributed by atoms with Crippen LogP contribution in [0.4, 0.5) is 0 Å². The van der Waals surface area contributed by atoms with E-state index in [9.17, 15) is 4.57 Å². The van der Waals surface area contributed by atoms with Gasteiger partial charge in [0.2, 0.25) is 0 Å². The molecule has 0 heterocycles. The van der Waals surface area contributed by atoms with Crippen molar-refractivity contribution in [3.8, 4) is 0 Å². The number of hydrogen-bond acceptors (Lipinski definition) is 3. The third kappa shape index (κ3) is 6.58. The first-order chi connectivity index (χ1) is 6.68. The largest absolute Gasteiger partial charge is 0.330 e. The van der Waals surface area contributed by atoms with Crippen molar-refractivity contribution >= 4 is 7.60 Å². The highest BCUT2D eigenvalue weighted by Crippen LogP contribution is 2.48. The van der Waals surface area contributed by atoms with Crippen molar-refractivity contribution in [2.24, 2.45) is 0 Å². The van der Waals surface area contributed by atoms with Gasteiger partial charge in [0.15, 0.2) is 0 Å². The van der Waals surface area contributed by atoms with Gasteiger partial charge in [0, 0.05) is 6.16 Å². The second kappa shape index (κ2) is 8.46. The molecule has 0 spiro atoms. The van der Waals surface area contributed by atoms with Gasteiger partial charge in [-0.2, -0.15) is 0 Å². The fourth-order valence-electron chi connectivity index (χ4n) is 1.02. The van der Waals surface area contributed by atoms with E-state index in [1.54, 1.807) is 0 Å². The topological polar surface area (TPSA) is 35.5 Å². The van der Waals surface area contributed by atoms with Crippen LogP contribution in [0.1, 0.15) is 46.5 Å². The van der Waals surface area contributed by atoms with Crippen LogP contribution in [0.25, 0.3) is 0 Å². The summed E-state index contributed by atoms with van der Waals surface area (Å²) in [5.41, 5.74) is 0. The molecule has 0 rings (SSSR count). The zero-order valence-corrected chi connectivity index (χ0v) is 10.5. The molecule has 3 nitrogen and oxygen atoms in total. The Morgan fingerprint density at radius 1 is 0.929 bits per heavy atom. The van der Waals surface area contributed by atoms with Gasteiger partial charge >= 0.3 is 7.60 Å². The quantitative estimate of drug-likeness (QED) is 0.439. The lowest BCUT2D eigenvalue weighted by molar-refractivity contribution is 0.202. The molecule has 0 bridgehead atoms. The summed E-state index contributed by atoms with van der Waals surface area (Å²) in [6, 6.07) is 0. The molecule has 4 heteroatoms. The molecule has 0 aliphatic rings. The predicted molar refractivity (Wildman–Crippen MR) is 59.9 cm³/mol. The van der Waals surface area contributed by atoms with E-state index in [2.05, 4.69) is 6.92 Å². The standard InChI is InChI=1S/C10H23O3P/c1-4-7-9-13-14(11,10-6-3)12-8-5-2/h4-10H2,1-3H3. The second-order valence-electron chi connectivity index (χ2n) is 3.35. The average molecular weight is 222 g/mol. The Labute approximate surface area is 87.7 Å². The van der Waals surface area contributed by atoms with Crippen molar-refractivity contribution in [2.75, 3.05) is 19.4 Å². The van der Waals surface area contributed by atoms with Gasteiger partial charge in [-0.15, -0.1) is 0 Å². The summed E-state index contributed by atoms with van der Waals surface area (Å²) in [6.07, 6.45) is 4.26. The van der Waals surface area contributed by atoms with Crippen LogP contribution in [0.15, 0.2) is 0 Å². The van der Waals surface area contributed by atoms with Gasteiger partial charge in [-0.3, -0.25) is 4.57 Å². The van der Waals surface area contributed by atoms with Crippen molar-refractivity contribution < 1.29 is 13.6 Å². The average Bonchev–Trinajstić information content (AvgIpc) is 2.16. The van der Waals surface area contributed by atoms with Gasteiger partial charge < -0.3 is 9.05 Å². The van der Waals surface area contributed by atoms with Crippen LogP contribution in [-0.2, 0) is 13.6 Å². The zero-order chi connectivity index (χ0) is 10.9. The molecule has 0 radical (unpaired) electrons. The molecule has 1 atom stereocenters. The van der Waals surface area contributed by atoms with E-state index in [1.807, 2.05) is 13.8 Å². The van der Waals surface area contributed by atoms with E-state index in [0.717, 1.165) is 25.7 Å². The smallest absolute Gasteiger partial charge is 0.309 e. The Morgan fingerprint density at radius 3 is 2.07 bits per heavy atom. The molecule has 86 valence electrons. The number of rotatable bonds is 9. The van der Waals surface area contributed by atoms with Crippen molar-refractivity contribution in [1.29, 1.82) is 0 Å². The predicted octanol–water partition coefficient (Wildman–Crippen LogP) is 3.83. The minimum absolute atomic E-state index is 0.531. The highest BCUT2D eigenvalue weighted by atomic mass is 31.2. The Morgan fingerprint density at radius 2 is 1.57 bits per heavy atom. The summed E-state index contributed by atoms with van der Waals surface area (Å²) in [5.74, 6) is 0. The fourth-order valence-corrected chi connectivity index (χ4v) is 2.77. The van der Waals surface area contributed by atoms with E-state index >= 15 is 0 Å². The van der Waals surface area contributed by atoms with E-state index in [4.69, 9.17) is 9.05 Å². The van der Waals surface area contributed by atoms with Crippen LogP contribution in [-0.4, -0.2) is 19.4 Å². The summed E-state index contributed by atoms with van der Waals surface area (Å²) in [6.45, 7) is 7.16. The molecule has 14 heavy (non-hydrogen) atoms. The molecule has 0 aromatic rings.